The summed E-state index contributed by atoms with van der Waals surface area (Å²) < 4.78 is 30.2. The third-order valence-corrected chi connectivity index (χ3v) is 5.36. The van der Waals surface area contributed by atoms with E-state index in [1.54, 1.807) is 17.9 Å². The molecule has 1 N–H and O–H groups in total. The predicted molar refractivity (Wildman–Crippen MR) is 115 cm³/mol. The molecule has 2 aromatic rings. The van der Waals surface area contributed by atoms with E-state index >= 15 is 0 Å². The Labute approximate surface area is 180 Å². The van der Waals surface area contributed by atoms with E-state index in [1.807, 2.05) is 38.1 Å². The molecular weight excluding hydrogens is 404 g/mol. The number of hydrogen-bond acceptors (Lipinski definition) is 4. The monoisotopic (exact) mass is 431 g/mol. The molecule has 0 aliphatic heterocycles. The van der Waals surface area contributed by atoms with Gasteiger partial charge >= 0.3 is 12.6 Å². The Bertz CT molecular complexity index is 939. The lowest BCUT2D eigenvalue weighted by Gasteiger charge is -2.35. The average molecular weight is 431 g/mol. The number of ketones is 1. The Morgan fingerprint density at radius 2 is 1.84 bits per heavy atom. The second-order valence-corrected chi connectivity index (χ2v) is 7.97. The largest absolute Gasteiger partial charge is 0.415 e. The van der Waals surface area contributed by atoms with Crippen LogP contribution in [0.2, 0.25) is 0 Å². The van der Waals surface area contributed by atoms with Crippen LogP contribution in [0.25, 0.3) is 0 Å². The number of amides is 2. The maximum atomic E-state index is 13.5. The van der Waals surface area contributed by atoms with Crippen LogP contribution in [-0.4, -0.2) is 29.5 Å². The molecule has 1 heterocycles. The first-order valence-corrected chi connectivity index (χ1v) is 10.4. The van der Waals surface area contributed by atoms with Gasteiger partial charge in [-0.3, -0.25) is 9.69 Å². The molecule has 0 atom stereocenters. The summed E-state index contributed by atoms with van der Waals surface area (Å²) in [5.41, 5.74) is 2.28. The molecule has 1 fully saturated rings. The lowest BCUT2D eigenvalue weighted by atomic mass is 9.91. The summed E-state index contributed by atoms with van der Waals surface area (Å²) >= 11 is 0. The Morgan fingerprint density at radius 3 is 2.48 bits per heavy atom. The predicted octanol–water partition coefficient (Wildman–Crippen LogP) is 5.67. The minimum Gasteiger partial charge on any atom is -0.415 e. The van der Waals surface area contributed by atoms with Crippen molar-refractivity contribution in [1.29, 1.82) is 0 Å². The van der Waals surface area contributed by atoms with Gasteiger partial charge in [-0.1, -0.05) is 32.0 Å². The van der Waals surface area contributed by atoms with Gasteiger partial charge in [-0.15, -0.1) is 0 Å². The molecule has 8 heteroatoms. The molecule has 2 amide bonds. The second-order valence-electron chi connectivity index (χ2n) is 7.97. The minimum atomic E-state index is -3.06. The van der Waals surface area contributed by atoms with E-state index in [4.69, 9.17) is 0 Å². The van der Waals surface area contributed by atoms with Gasteiger partial charge in [0.05, 0.1) is 0 Å². The zero-order valence-electron chi connectivity index (χ0n) is 17.9. The number of carbonyl (C=O) groups excluding carboxylic acids is 2. The number of pyridine rings is 1. The fourth-order valence-corrected chi connectivity index (χ4v) is 3.83. The molecule has 0 bridgehead atoms. The molecule has 1 aliphatic rings. The van der Waals surface area contributed by atoms with E-state index in [1.165, 1.54) is 6.07 Å². The molecule has 1 aromatic heterocycles. The highest BCUT2D eigenvalue weighted by Gasteiger charge is 2.31. The van der Waals surface area contributed by atoms with Crippen molar-refractivity contribution in [3.63, 3.8) is 0 Å². The highest BCUT2D eigenvalue weighted by atomic mass is 19.3. The highest BCUT2D eigenvalue weighted by molar-refractivity contribution is 6.03. The van der Waals surface area contributed by atoms with Crippen molar-refractivity contribution in [3.8, 4) is 5.88 Å². The molecule has 1 aromatic carbocycles. The number of urea groups is 1. The maximum absolute atomic E-state index is 13.5. The van der Waals surface area contributed by atoms with Gasteiger partial charge < -0.3 is 10.1 Å². The van der Waals surface area contributed by atoms with Crippen molar-refractivity contribution >= 4 is 23.2 Å². The van der Waals surface area contributed by atoms with Crippen LogP contribution in [0, 0.1) is 6.92 Å². The molecule has 0 radical (unpaired) electrons. The summed E-state index contributed by atoms with van der Waals surface area (Å²) in [7, 11) is 0. The minimum absolute atomic E-state index is 0.0646. The number of nitrogens with one attached hydrogen (secondary N) is 1. The van der Waals surface area contributed by atoms with Crippen LogP contribution < -0.4 is 15.0 Å². The van der Waals surface area contributed by atoms with Crippen molar-refractivity contribution < 1.29 is 23.1 Å². The molecule has 0 unspecified atom stereocenters. The van der Waals surface area contributed by atoms with Crippen molar-refractivity contribution in [2.45, 2.75) is 65.0 Å². The first-order valence-electron chi connectivity index (χ1n) is 10.4. The SMILES string of the molecule is Cc1ccc(NC(=O)N(c2ccccc2C(C)C)C2CCC(=O)CC2)c(OC(F)F)n1. The van der Waals surface area contributed by atoms with Crippen molar-refractivity contribution in [1.82, 2.24) is 4.98 Å². The molecule has 166 valence electrons. The standard InChI is InChI=1S/C23H27F2N3O3/c1-14(2)18-6-4-5-7-20(18)28(16-9-11-17(29)12-10-16)23(30)27-19-13-8-15(3)26-21(19)31-22(24)25/h4-8,13-14,16,22H,9-12H2,1-3H3,(H,27,30). The summed E-state index contributed by atoms with van der Waals surface area (Å²) in [5.74, 6) is 0.0128. The number of alkyl halides is 2. The van der Waals surface area contributed by atoms with E-state index < -0.39 is 12.6 Å². The van der Waals surface area contributed by atoms with Gasteiger partial charge in [0.1, 0.15) is 11.5 Å². The zero-order valence-corrected chi connectivity index (χ0v) is 17.9. The van der Waals surface area contributed by atoms with Gasteiger partial charge in [0.25, 0.3) is 0 Å². The van der Waals surface area contributed by atoms with Crippen LogP contribution in [0.15, 0.2) is 36.4 Å². The van der Waals surface area contributed by atoms with Gasteiger partial charge in [-0.2, -0.15) is 8.78 Å². The zero-order chi connectivity index (χ0) is 22.5. The summed E-state index contributed by atoms with van der Waals surface area (Å²) in [6.45, 7) is 2.66. The van der Waals surface area contributed by atoms with E-state index in [0.29, 0.717) is 31.4 Å². The van der Waals surface area contributed by atoms with E-state index in [2.05, 4.69) is 15.0 Å². The number of aryl methyl sites for hydroxylation is 1. The summed E-state index contributed by atoms with van der Waals surface area (Å²) in [5, 5.41) is 2.70. The Kier molecular flexibility index (Phi) is 7.20. The lowest BCUT2D eigenvalue weighted by molar-refractivity contribution is -0.120. The van der Waals surface area contributed by atoms with Gasteiger partial charge in [-0.05, 0) is 49.4 Å². The summed E-state index contributed by atoms with van der Waals surface area (Å²) in [6.07, 6.45) is 1.91. The Hall–Kier alpha value is -3.03. The van der Waals surface area contributed by atoms with Crippen LogP contribution in [0.4, 0.5) is 25.0 Å². The van der Waals surface area contributed by atoms with Crippen LogP contribution in [0.3, 0.4) is 0 Å². The Morgan fingerprint density at radius 1 is 1.16 bits per heavy atom. The number of carbonyl (C=O) groups is 2. The topological polar surface area (TPSA) is 71.5 Å². The summed E-state index contributed by atoms with van der Waals surface area (Å²) in [6, 6.07) is 10.1. The number of ether oxygens (including phenoxy) is 1. The number of halogens is 2. The number of para-hydroxylation sites is 1. The smallest absolute Gasteiger partial charge is 0.388 e. The van der Waals surface area contributed by atoms with Crippen LogP contribution in [-0.2, 0) is 4.79 Å². The summed E-state index contributed by atoms with van der Waals surface area (Å²) in [4.78, 5) is 30.9. The van der Waals surface area contributed by atoms with Gasteiger partial charge in [0, 0.05) is 30.3 Å². The second kappa shape index (κ2) is 9.85. The molecule has 0 saturated heterocycles. The number of anilines is 2. The number of Topliss-reactive ketones (excluding diaryl/α,β-unsaturated/α-hetero) is 1. The molecule has 31 heavy (non-hydrogen) atoms. The number of rotatable bonds is 6. The van der Waals surface area contributed by atoms with Gasteiger partial charge in [0.2, 0.25) is 5.88 Å². The van der Waals surface area contributed by atoms with Crippen molar-refractivity contribution in [2.75, 3.05) is 10.2 Å². The van der Waals surface area contributed by atoms with E-state index in [0.717, 1.165) is 11.3 Å². The van der Waals surface area contributed by atoms with Gasteiger partial charge in [0.15, 0.2) is 0 Å². The number of nitrogens with zero attached hydrogens (tertiary/aromatic N) is 2. The maximum Gasteiger partial charge on any atom is 0.388 e. The first kappa shape index (κ1) is 22.7. The third kappa shape index (κ3) is 5.57. The highest BCUT2D eigenvalue weighted by Crippen LogP contribution is 2.34. The first-order chi connectivity index (χ1) is 14.8. The molecule has 1 aliphatic carbocycles. The van der Waals surface area contributed by atoms with Crippen molar-refractivity contribution in [3.05, 3.63) is 47.7 Å². The van der Waals surface area contributed by atoms with E-state index in [-0.39, 0.29) is 29.3 Å². The van der Waals surface area contributed by atoms with Crippen LogP contribution in [0.1, 0.15) is 56.7 Å². The van der Waals surface area contributed by atoms with Crippen molar-refractivity contribution in [2.24, 2.45) is 0 Å². The lowest BCUT2D eigenvalue weighted by Crippen LogP contribution is -2.45. The molecule has 3 rings (SSSR count). The average Bonchev–Trinajstić information content (AvgIpc) is 2.71. The van der Waals surface area contributed by atoms with Gasteiger partial charge in [-0.25, -0.2) is 9.78 Å². The number of benzene rings is 1. The van der Waals surface area contributed by atoms with E-state index in [9.17, 15) is 18.4 Å². The number of hydrogen-bond donors (Lipinski definition) is 1. The molecular formula is C23H27F2N3O3. The number of aromatic nitrogens is 1. The Balaban J connectivity index is 1.97. The molecule has 1 saturated carbocycles. The quantitative estimate of drug-likeness (QED) is 0.640. The normalized spacial score (nSPS) is 14.7. The fraction of sp³-hybridized carbons (Fsp3) is 0.435. The fourth-order valence-electron chi connectivity index (χ4n) is 3.83. The molecule has 6 nitrogen and oxygen atoms in total. The van der Waals surface area contributed by atoms with Crippen LogP contribution >= 0.6 is 0 Å². The third-order valence-electron chi connectivity index (χ3n) is 5.36. The van der Waals surface area contributed by atoms with Crippen LogP contribution in [0.5, 0.6) is 5.88 Å². The molecule has 0 spiro atoms.